The van der Waals surface area contributed by atoms with Crippen LogP contribution in [0.3, 0.4) is 0 Å². The number of carbonyl (C=O) groups is 1. The highest BCUT2D eigenvalue weighted by Crippen LogP contribution is 2.20. The van der Waals surface area contributed by atoms with Crippen LogP contribution >= 0.6 is 0 Å². The maximum absolute atomic E-state index is 13.2. The number of hydrogen-bond acceptors (Lipinski definition) is 3. The number of aliphatic hydroxyl groups is 1. The second-order valence-corrected chi connectivity index (χ2v) is 4.93. The lowest BCUT2D eigenvalue weighted by Crippen LogP contribution is -2.30. The van der Waals surface area contributed by atoms with Crippen LogP contribution in [0.1, 0.15) is 16.8 Å². The smallest absolute Gasteiger partial charge is 0.254 e. The van der Waals surface area contributed by atoms with Gasteiger partial charge in [0.1, 0.15) is 5.82 Å². The first kappa shape index (κ1) is 12.8. The Morgan fingerprint density at radius 1 is 1.40 bits per heavy atom. The SMILES string of the molecule is O=C(c1cc(=O)[nH]c2cc(F)ccc12)N1CC[C@H](O)C1. The van der Waals surface area contributed by atoms with E-state index in [4.69, 9.17) is 0 Å². The van der Waals surface area contributed by atoms with Gasteiger partial charge in [-0.05, 0) is 24.6 Å². The molecule has 1 aliphatic heterocycles. The van der Waals surface area contributed by atoms with Crippen LogP contribution in [-0.4, -0.2) is 40.1 Å². The molecule has 1 amide bonds. The summed E-state index contributed by atoms with van der Waals surface area (Å²) < 4.78 is 13.2. The van der Waals surface area contributed by atoms with Crippen LogP contribution in [0.25, 0.3) is 10.9 Å². The Morgan fingerprint density at radius 3 is 2.90 bits per heavy atom. The maximum Gasteiger partial charge on any atom is 0.254 e. The number of aromatic amines is 1. The molecule has 2 aromatic rings. The molecule has 1 aromatic heterocycles. The van der Waals surface area contributed by atoms with Crippen LogP contribution in [0, 0.1) is 5.82 Å². The molecule has 2 N–H and O–H groups in total. The number of rotatable bonds is 1. The van der Waals surface area contributed by atoms with Crippen molar-refractivity contribution in [3.05, 3.63) is 46.0 Å². The molecule has 1 aliphatic rings. The number of carbonyl (C=O) groups excluding carboxylic acids is 1. The highest BCUT2D eigenvalue weighted by Gasteiger charge is 2.26. The van der Waals surface area contributed by atoms with E-state index in [0.29, 0.717) is 23.9 Å². The van der Waals surface area contributed by atoms with Gasteiger partial charge in [-0.25, -0.2) is 4.39 Å². The molecule has 20 heavy (non-hydrogen) atoms. The molecule has 1 saturated heterocycles. The third-order valence-corrected chi connectivity index (χ3v) is 3.49. The van der Waals surface area contributed by atoms with Gasteiger partial charge in [0.15, 0.2) is 0 Å². The van der Waals surface area contributed by atoms with Gasteiger partial charge in [-0.2, -0.15) is 0 Å². The fourth-order valence-electron chi connectivity index (χ4n) is 2.51. The fourth-order valence-corrected chi connectivity index (χ4v) is 2.51. The van der Waals surface area contributed by atoms with Crippen LogP contribution in [0.5, 0.6) is 0 Å². The van der Waals surface area contributed by atoms with Crippen LogP contribution in [0.4, 0.5) is 4.39 Å². The number of likely N-dealkylation sites (tertiary alicyclic amines) is 1. The van der Waals surface area contributed by atoms with Crippen LogP contribution < -0.4 is 5.56 Å². The topological polar surface area (TPSA) is 73.4 Å². The molecule has 1 atom stereocenters. The standard InChI is InChI=1S/C14H13FN2O3/c15-8-1-2-10-11(6-13(19)16-12(10)5-8)14(20)17-4-3-9(18)7-17/h1-2,5-6,9,18H,3-4,7H2,(H,16,19)/t9-/m0/s1. The summed E-state index contributed by atoms with van der Waals surface area (Å²) in [5.74, 6) is -0.793. The Balaban J connectivity index is 2.11. The van der Waals surface area contributed by atoms with Gasteiger partial charge >= 0.3 is 0 Å². The number of aliphatic hydroxyl groups excluding tert-OH is 1. The predicted molar refractivity (Wildman–Crippen MR) is 71.1 cm³/mol. The zero-order chi connectivity index (χ0) is 14.3. The number of pyridine rings is 1. The molecule has 0 unspecified atom stereocenters. The van der Waals surface area contributed by atoms with Gasteiger partial charge in [0.2, 0.25) is 5.56 Å². The largest absolute Gasteiger partial charge is 0.391 e. The number of benzene rings is 1. The Morgan fingerprint density at radius 2 is 2.20 bits per heavy atom. The summed E-state index contributed by atoms with van der Waals surface area (Å²) in [6.45, 7) is 0.712. The highest BCUT2D eigenvalue weighted by molar-refractivity contribution is 6.06. The van der Waals surface area contributed by atoms with E-state index in [1.165, 1.54) is 29.2 Å². The van der Waals surface area contributed by atoms with Crippen molar-refractivity contribution in [3.8, 4) is 0 Å². The molecule has 0 bridgehead atoms. The van der Waals surface area contributed by atoms with E-state index < -0.39 is 17.5 Å². The quantitative estimate of drug-likeness (QED) is 0.812. The first-order valence-electron chi connectivity index (χ1n) is 6.34. The Kier molecular flexibility index (Phi) is 3.02. The van der Waals surface area contributed by atoms with E-state index in [1.807, 2.05) is 0 Å². The van der Waals surface area contributed by atoms with E-state index in [0.717, 1.165) is 0 Å². The summed E-state index contributed by atoms with van der Waals surface area (Å²) in [6.07, 6.45) is 0.00579. The van der Waals surface area contributed by atoms with Crippen molar-refractivity contribution < 1.29 is 14.3 Å². The van der Waals surface area contributed by atoms with Gasteiger partial charge in [0.25, 0.3) is 5.91 Å². The second-order valence-electron chi connectivity index (χ2n) is 4.93. The third kappa shape index (κ3) is 2.18. The Bertz CT molecular complexity index is 741. The van der Waals surface area contributed by atoms with Crippen molar-refractivity contribution in [2.75, 3.05) is 13.1 Å². The average Bonchev–Trinajstić information content (AvgIpc) is 2.83. The predicted octanol–water partition coefficient (Wildman–Crippen LogP) is 0.874. The number of amides is 1. The maximum atomic E-state index is 13.2. The molecule has 2 heterocycles. The van der Waals surface area contributed by atoms with Crippen molar-refractivity contribution in [3.63, 3.8) is 0 Å². The number of fused-ring (bicyclic) bond motifs is 1. The van der Waals surface area contributed by atoms with Crippen LogP contribution in [-0.2, 0) is 0 Å². The molecule has 0 saturated carbocycles. The number of nitrogens with zero attached hydrogens (tertiary/aromatic N) is 1. The van der Waals surface area contributed by atoms with Crippen molar-refractivity contribution in [2.45, 2.75) is 12.5 Å². The lowest BCUT2D eigenvalue weighted by atomic mass is 10.1. The number of halogens is 1. The van der Waals surface area contributed by atoms with E-state index in [1.54, 1.807) is 0 Å². The highest BCUT2D eigenvalue weighted by atomic mass is 19.1. The minimum atomic E-state index is -0.523. The zero-order valence-corrected chi connectivity index (χ0v) is 10.6. The summed E-state index contributed by atoms with van der Waals surface area (Å²) in [6, 6.07) is 5.12. The summed E-state index contributed by atoms with van der Waals surface area (Å²) in [7, 11) is 0. The summed E-state index contributed by atoms with van der Waals surface area (Å²) >= 11 is 0. The minimum Gasteiger partial charge on any atom is -0.391 e. The molecule has 1 fully saturated rings. The molecule has 104 valence electrons. The third-order valence-electron chi connectivity index (χ3n) is 3.49. The van der Waals surface area contributed by atoms with Gasteiger partial charge in [-0.15, -0.1) is 0 Å². The molecule has 3 rings (SSSR count). The summed E-state index contributed by atoms with van der Waals surface area (Å²) in [5, 5.41) is 9.99. The molecular formula is C14H13FN2O3. The molecule has 0 radical (unpaired) electrons. The summed E-state index contributed by atoms with van der Waals surface area (Å²) in [5.41, 5.74) is 0.0737. The number of β-amino-alcohol motifs (C(OH)–C–C–N with tert-alkyl or cyclic N) is 1. The average molecular weight is 276 g/mol. The molecule has 6 heteroatoms. The molecular weight excluding hydrogens is 263 g/mol. The van der Waals surface area contributed by atoms with E-state index in [9.17, 15) is 19.1 Å². The summed E-state index contributed by atoms with van der Waals surface area (Å²) in [4.78, 5) is 28.0. The number of H-pyrrole nitrogens is 1. The van der Waals surface area contributed by atoms with Crippen molar-refractivity contribution in [2.24, 2.45) is 0 Å². The van der Waals surface area contributed by atoms with Crippen molar-refractivity contribution >= 4 is 16.8 Å². The normalized spacial score (nSPS) is 18.7. The van der Waals surface area contributed by atoms with Crippen LogP contribution in [0.2, 0.25) is 0 Å². The van der Waals surface area contributed by atoms with Gasteiger partial charge in [-0.1, -0.05) is 0 Å². The van der Waals surface area contributed by atoms with E-state index in [-0.39, 0.29) is 18.0 Å². The first-order chi connectivity index (χ1) is 9.54. The lowest BCUT2D eigenvalue weighted by molar-refractivity contribution is 0.0766. The van der Waals surface area contributed by atoms with Crippen LogP contribution in [0.15, 0.2) is 29.1 Å². The molecule has 5 nitrogen and oxygen atoms in total. The van der Waals surface area contributed by atoms with E-state index in [2.05, 4.69) is 4.98 Å². The second kappa shape index (κ2) is 4.72. The number of nitrogens with one attached hydrogen (secondary N) is 1. The molecule has 0 spiro atoms. The lowest BCUT2D eigenvalue weighted by Gasteiger charge is -2.16. The van der Waals surface area contributed by atoms with Gasteiger partial charge in [0.05, 0.1) is 17.2 Å². The van der Waals surface area contributed by atoms with E-state index >= 15 is 0 Å². The zero-order valence-electron chi connectivity index (χ0n) is 10.6. The molecule has 1 aromatic carbocycles. The van der Waals surface area contributed by atoms with Crippen molar-refractivity contribution in [1.29, 1.82) is 0 Å². The minimum absolute atomic E-state index is 0.234. The van der Waals surface area contributed by atoms with Crippen molar-refractivity contribution in [1.82, 2.24) is 9.88 Å². The monoisotopic (exact) mass is 276 g/mol. The number of aromatic nitrogens is 1. The fraction of sp³-hybridized carbons (Fsp3) is 0.286. The van der Waals surface area contributed by atoms with Gasteiger partial charge in [-0.3, -0.25) is 9.59 Å². The van der Waals surface area contributed by atoms with Gasteiger partial charge < -0.3 is 15.0 Å². The molecule has 0 aliphatic carbocycles. The Hall–Kier alpha value is -2.21. The Labute approximate surface area is 113 Å². The number of hydrogen-bond donors (Lipinski definition) is 2. The van der Waals surface area contributed by atoms with Gasteiger partial charge in [0, 0.05) is 24.5 Å². The first-order valence-corrected chi connectivity index (χ1v) is 6.34.